The third-order valence-electron chi connectivity index (χ3n) is 10.9. The Balaban J connectivity index is -0.000000150. The van der Waals surface area contributed by atoms with Crippen LogP contribution in [0.1, 0.15) is 29.7 Å². The van der Waals surface area contributed by atoms with Crippen LogP contribution < -0.4 is 0 Å². The highest BCUT2D eigenvalue weighted by Gasteiger charge is 2.70. The van der Waals surface area contributed by atoms with Gasteiger partial charge in [-0.2, -0.15) is 0 Å². The zero-order valence-electron chi connectivity index (χ0n) is 61.7. The van der Waals surface area contributed by atoms with Crippen molar-refractivity contribution in [2.75, 3.05) is 42.7 Å². The maximum Gasteiger partial charge on any atom is 0.727 e. The smallest absolute Gasteiger partial charge is 0.496 e. The van der Waals surface area contributed by atoms with Gasteiger partial charge in [0.2, 0.25) is 51.7 Å². The molecule has 0 bridgehead atoms. The van der Waals surface area contributed by atoms with Crippen LogP contribution in [-0.4, -0.2) is 218 Å². The van der Waals surface area contributed by atoms with Crippen LogP contribution in [0.15, 0.2) is 98.2 Å². The minimum absolute atomic E-state index is 0. The van der Waals surface area contributed by atoms with Crippen LogP contribution >= 0.6 is 0 Å². The van der Waals surface area contributed by atoms with Crippen molar-refractivity contribution in [2.24, 2.45) is 0 Å². The SMILES string of the molecule is C.C.C.C.C#[Si]O[Si](OC)(O[SiH](C)C)O[Si](OC)(OC)O[Si](O[Si]#C)(O[SiH](C)C)O[Si](OC)(OC)OC.C=C[Si](C)(C)O[Si](C)(C)O[Si](C)(C)C=C.C=C[Si](C)(C)O[Si](C)(C)O[Si](C)(C)C=C.C=C[Si](C)(C)O[Si](O[Si](C)(C)C=C)(O[Si](C)(C)C=C)O[Si](C)(C)C=C.C[SiH3]. The Hall–Kier alpha value is 0.658. The van der Waals surface area contributed by atoms with E-state index in [0.29, 0.717) is 0 Å². The van der Waals surface area contributed by atoms with Gasteiger partial charge in [-0.15, -0.1) is 64.6 Å². The van der Waals surface area contributed by atoms with E-state index in [2.05, 4.69) is 190 Å². The molecule has 0 amide bonds. The van der Waals surface area contributed by atoms with Crippen LogP contribution in [0.2, 0.25) is 164 Å². The molecule has 0 spiro atoms. The van der Waals surface area contributed by atoms with Gasteiger partial charge in [-0.1, -0.05) is 81.8 Å². The first-order valence-electron chi connectivity index (χ1n) is 29.3. The van der Waals surface area contributed by atoms with Crippen LogP contribution in [0.3, 0.4) is 0 Å². The first-order chi connectivity index (χ1) is 40.6. The van der Waals surface area contributed by atoms with E-state index >= 15 is 0 Å². The lowest BCUT2D eigenvalue weighted by molar-refractivity contribution is -0.0288. The second-order valence-corrected chi connectivity index (χ2v) is 84.0. The van der Waals surface area contributed by atoms with Crippen molar-refractivity contribution in [3.63, 3.8) is 0 Å². The quantitative estimate of drug-likeness (QED) is 0.0523. The van der Waals surface area contributed by atoms with Crippen LogP contribution in [0.4, 0.5) is 0 Å². The Kier molecular flexibility index (Phi) is 59.4. The summed E-state index contributed by atoms with van der Waals surface area (Å²) in [4.78, 5) is 0. The summed E-state index contributed by atoms with van der Waals surface area (Å²) >= 11 is 0. The van der Waals surface area contributed by atoms with E-state index in [1.165, 1.54) is 52.9 Å². The molecule has 21 nitrogen and oxygen atoms in total. The van der Waals surface area contributed by atoms with E-state index in [1.54, 1.807) is 0 Å². The summed E-state index contributed by atoms with van der Waals surface area (Å²) in [5.41, 5.74) is 15.3. The summed E-state index contributed by atoms with van der Waals surface area (Å²) < 4.78 is 125. The minimum Gasteiger partial charge on any atom is -0.496 e. The fourth-order valence-electron chi connectivity index (χ4n) is 6.48. The van der Waals surface area contributed by atoms with Gasteiger partial charge in [-0.05, 0) is 167 Å². The van der Waals surface area contributed by atoms with E-state index in [1.807, 2.05) is 71.8 Å². The van der Waals surface area contributed by atoms with Crippen LogP contribution in [-0.2, 0) is 88.3 Å². The molecule has 0 saturated carbocycles. The van der Waals surface area contributed by atoms with Crippen molar-refractivity contribution in [3.8, 4) is 12.0 Å². The molecule has 0 radical (unpaired) electrons. The largest absolute Gasteiger partial charge is 0.727 e. The minimum atomic E-state index is -4.25. The first-order valence-corrected chi connectivity index (χ1v) is 76.5. The molecule has 0 heterocycles. The number of hydrogen-bond donors (Lipinski definition) is 0. The predicted molar refractivity (Wildman–Crippen MR) is 445 cm³/mol. The molecule has 41 heteroatoms. The molecule has 0 aromatic rings. The van der Waals surface area contributed by atoms with E-state index in [9.17, 15) is 0 Å². The Morgan fingerprint density at radius 2 is 0.447 bits per heavy atom. The summed E-state index contributed by atoms with van der Waals surface area (Å²) in [5.74, 6) is 0. The summed E-state index contributed by atoms with van der Waals surface area (Å²) in [6.45, 7) is 82.7. The first kappa shape index (κ1) is 113. The monoisotopic (exact) mass is 1670 g/mol. The molecule has 0 fully saturated rings. The lowest BCUT2D eigenvalue weighted by atomic mass is 11.3. The highest BCUT2D eigenvalue weighted by molar-refractivity contribution is 6.96. The maximum absolute atomic E-state index is 6.54. The van der Waals surface area contributed by atoms with Crippen molar-refractivity contribution >= 4 is 176 Å². The Morgan fingerprint density at radius 1 is 0.277 bits per heavy atom. The molecule has 0 aliphatic heterocycles. The van der Waals surface area contributed by atoms with Gasteiger partial charge < -0.3 is 88.3 Å². The summed E-state index contributed by atoms with van der Waals surface area (Å²) in [6, 6.07) is 11.4. The molecule has 0 rings (SSSR count). The van der Waals surface area contributed by atoms with Crippen molar-refractivity contribution in [1.82, 2.24) is 0 Å². The van der Waals surface area contributed by atoms with Crippen molar-refractivity contribution in [3.05, 3.63) is 98.2 Å². The highest BCUT2D eigenvalue weighted by atomic mass is 28.6. The van der Waals surface area contributed by atoms with Gasteiger partial charge in [0, 0.05) is 42.7 Å². The lowest BCUT2D eigenvalue weighted by Gasteiger charge is -2.44. The van der Waals surface area contributed by atoms with Crippen molar-refractivity contribution in [1.29, 1.82) is 0 Å². The van der Waals surface area contributed by atoms with E-state index in [-0.39, 0.29) is 29.7 Å². The molecule has 0 saturated heterocycles. The Morgan fingerprint density at radius 3 is 0.628 bits per heavy atom. The molecule has 94 heavy (non-hydrogen) atoms. The summed E-state index contributed by atoms with van der Waals surface area (Å²) in [5, 5.41) is 0. The molecule has 0 aliphatic rings. The summed E-state index contributed by atoms with van der Waals surface area (Å²) in [7, 11) is -34.9. The van der Waals surface area contributed by atoms with E-state index < -0.39 is 165 Å². The topological polar surface area (TPSA) is 194 Å². The molecule has 0 aromatic carbocycles. The zero-order valence-corrected chi connectivity index (χ0v) is 83.0. The molecule has 2 atom stereocenters. The summed E-state index contributed by atoms with van der Waals surface area (Å²) in [6.07, 6.45) is 0. The lowest BCUT2D eigenvalue weighted by Crippen LogP contribution is -2.70. The second kappa shape index (κ2) is 49.3. The fraction of sp³-hybridized carbons (Fsp3) is 0.660. The zero-order chi connectivity index (χ0) is 72.6. The highest BCUT2D eigenvalue weighted by Crippen LogP contribution is 2.32. The maximum atomic E-state index is 6.54. The van der Waals surface area contributed by atoms with Gasteiger partial charge in [0.25, 0.3) is 0 Å². The van der Waals surface area contributed by atoms with Gasteiger partial charge in [0.05, 0.1) is 0 Å². The van der Waals surface area contributed by atoms with Crippen LogP contribution in [0, 0.1) is 12.0 Å². The van der Waals surface area contributed by atoms with E-state index in [4.69, 9.17) is 100 Å². The molecular formula is C53H140O21Si20. The standard InChI is InChI=1S/C16H36O4Si5.C12H34O13Si8.2C10H24O2Si3.CH6Si.4CH4/c1-13-21(5,6)17-25(18-22(7,8)14-2,19-23(9,10)15-3)20-24(11,12)16-4;1-13-30(14-2,15-3)23-33(20-27-8,22-29(11)12)25-31(16-4,17-5)24-32(18-6,19-26-7)21-28(9)10;2*1-9-13(3,4)11-15(7,8)12-14(5,6)10-2;1-2;;;;/h13-16H,1-4H2,5-12H3;7-8,28-29H,1-6,9-12H3;2*9-10H,1-2H2,3-8H3;1-2H3;4*1H4. The molecule has 0 aromatic heterocycles. The van der Waals surface area contributed by atoms with E-state index in [0.717, 1.165) is 0 Å². The third-order valence-corrected chi connectivity index (χ3v) is 65.5. The average molecular weight is 1680 g/mol. The molecule has 0 aliphatic carbocycles. The molecule has 558 valence electrons. The van der Waals surface area contributed by atoms with Crippen molar-refractivity contribution < 1.29 is 88.3 Å². The van der Waals surface area contributed by atoms with Gasteiger partial charge in [0.1, 0.15) is 0 Å². The Labute approximate surface area is 605 Å². The molecular weight excluding hydrogens is 1530 g/mol. The number of hydrogen-bond acceptors (Lipinski definition) is 21. The van der Waals surface area contributed by atoms with Crippen LogP contribution in [0.25, 0.3) is 0 Å². The molecule has 0 N–H and O–H groups in total. The fourth-order valence-corrected chi connectivity index (χ4v) is 63.4. The molecule has 2 unspecified atom stereocenters. The van der Waals surface area contributed by atoms with Gasteiger partial charge in [-0.25, -0.2) is 0 Å². The Bertz CT molecular complexity index is 2060. The van der Waals surface area contributed by atoms with Gasteiger partial charge in [-0.3, -0.25) is 0 Å². The average Bonchev–Trinajstić information content (AvgIpc) is 0.790. The third kappa shape index (κ3) is 48.5. The normalized spacial score (nSPS) is 13.9. The van der Waals surface area contributed by atoms with Gasteiger partial charge >= 0.3 is 62.4 Å². The van der Waals surface area contributed by atoms with Crippen LogP contribution in [0.5, 0.6) is 0 Å². The van der Waals surface area contributed by atoms with Gasteiger partial charge in [0.15, 0.2) is 51.4 Å². The second-order valence-electron chi connectivity index (χ2n) is 24.9. The predicted octanol–water partition coefficient (Wildman–Crippen LogP) is 13.4. The van der Waals surface area contributed by atoms with Crippen molar-refractivity contribution in [2.45, 2.75) is 193 Å². The number of rotatable bonds is 42.